The Hall–Kier alpha value is -2.76. The molecule has 1 aromatic heterocycles. The van der Waals surface area contributed by atoms with E-state index in [4.69, 9.17) is 9.15 Å². The van der Waals surface area contributed by atoms with Crippen LogP contribution in [0.15, 0.2) is 34.7 Å². The number of para-hydroxylation sites is 1. The van der Waals surface area contributed by atoms with Crippen LogP contribution in [0.5, 0.6) is 0 Å². The summed E-state index contributed by atoms with van der Waals surface area (Å²) in [7, 11) is 1.32. The molecule has 3 rings (SSSR count). The monoisotopic (exact) mass is 328 g/mol. The van der Waals surface area contributed by atoms with Gasteiger partial charge in [0.05, 0.1) is 13.7 Å². The van der Waals surface area contributed by atoms with Gasteiger partial charge in [-0.25, -0.2) is 9.59 Å². The zero-order chi connectivity index (χ0) is 17.3. The van der Waals surface area contributed by atoms with E-state index in [2.05, 4.69) is 5.32 Å². The Bertz CT molecular complexity index is 781. The van der Waals surface area contributed by atoms with Crippen LogP contribution < -0.4 is 10.2 Å². The van der Waals surface area contributed by atoms with E-state index < -0.39 is 5.97 Å². The molecule has 24 heavy (non-hydrogen) atoms. The van der Waals surface area contributed by atoms with Crippen molar-refractivity contribution in [3.8, 4) is 0 Å². The maximum Gasteiger partial charge on any atom is 0.341 e. The molecule has 0 spiro atoms. The average Bonchev–Trinajstić information content (AvgIpc) is 3.11. The molecule has 2 heterocycles. The van der Waals surface area contributed by atoms with E-state index in [9.17, 15) is 9.59 Å². The molecule has 0 saturated heterocycles. The number of nitrogens with one attached hydrogen (secondary N) is 1. The third-order valence-corrected chi connectivity index (χ3v) is 4.21. The minimum Gasteiger partial charge on any atom is -0.465 e. The number of hydrogen-bond acceptors (Lipinski definition) is 4. The molecular weight excluding hydrogens is 308 g/mol. The number of aryl methyl sites for hydroxylation is 1. The summed E-state index contributed by atoms with van der Waals surface area (Å²) in [6.45, 7) is 3.92. The molecular formula is C18H20N2O4. The number of furan rings is 1. The second kappa shape index (κ2) is 6.39. The van der Waals surface area contributed by atoms with Crippen LogP contribution >= 0.6 is 0 Å². The number of methoxy groups -OCH3 is 1. The third kappa shape index (κ3) is 2.87. The average molecular weight is 328 g/mol. The summed E-state index contributed by atoms with van der Waals surface area (Å²) in [5, 5.41) is 2.85. The van der Waals surface area contributed by atoms with Crippen molar-refractivity contribution in [1.82, 2.24) is 5.32 Å². The molecule has 0 aliphatic carbocycles. The number of carbonyl (C=O) groups is 2. The Morgan fingerprint density at radius 1 is 1.38 bits per heavy atom. The molecule has 0 radical (unpaired) electrons. The van der Waals surface area contributed by atoms with Crippen LogP contribution in [0.3, 0.4) is 0 Å². The Morgan fingerprint density at radius 2 is 2.12 bits per heavy atom. The van der Waals surface area contributed by atoms with E-state index >= 15 is 0 Å². The highest BCUT2D eigenvalue weighted by molar-refractivity contribution is 5.95. The molecule has 2 amide bonds. The number of esters is 1. The first-order chi connectivity index (χ1) is 11.5. The quantitative estimate of drug-likeness (QED) is 0.879. The van der Waals surface area contributed by atoms with Crippen LogP contribution in [0.2, 0.25) is 0 Å². The number of anilines is 1. The lowest BCUT2D eigenvalue weighted by molar-refractivity contribution is 0.0598. The van der Waals surface area contributed by atoms with Crippen LogP contribution in [0.1, 0.15) is 34.4 Å². The van der Waals surface area contributed by atoms with Gasteiger partial charge in [-0.1, -0.05) is 18.2 Å². The van der Waals surface area contributed by atoms with Gasteiger partial charge in [-0.15, -0.1) is 0 Å². The number of urea groups is 1. The Kier molecular flexibility index (Phi) is 4.29. The van der Waals surface area contributed by atoms with Crippen LogP contribution in [0.4, 0.5) is 10.5 Å². The molecule has 6 nitrogen and oxygen atoms in total. The van der Waals surface area contributed by atoms with Crippen molar-refractivity contribution in [3.63, 3.8) is 0 Å². The number of rotatable bonds is 3. The fourth-order valence-electron chi connectivity index (χ4n) is 3.07. The first-order valence-corrected chi connectivity index (χ1v) is 7.84. The molecule has 6 heteroatoms. The van der Waals surface area contributed by atoms with Crippen molar-refractivity contribution in [2.24, 2.45) is 0 Å². The largest absolute Gasteiger partial charge is 0.465 e. The lowest BCUT2D eigenvalue weighted by Crippen LogP contribution is -2.42. The van der Waals surface area contributed by atoms with Gasteiger partial charge in [0, 0.05) is 11.7 Å². The summed E-state index contributed by atoms with van der Waals surface area (Å²) in [5.41, 5.74) is 2.48. The first kappa shape index (κ1) is 16.1. The number of ether oxygens (including phenoxy) is 1. The van der Waals surface area contributed by atoms with Gasteiger partial charge < -0.3 is 14.5 Å². The summed E-state index contributed by atoms with van der Waals surface area (Å²) in [4.78, 5) is 25.9. The lowest BCUT2D eigenvalue weighted by atomic mass is 10.1. The molecule has 1 aliphatic heterocycles. The van der Waals surface area contributed by atoms with Crippen molar-refractivity contribution in [2.45, 2.75) is 32.9 Å². The maximum absolute atomic E-state index is 12.6. The summed E-state index contributed by atoms with van der Waals surface area (Å²) in [6, 6.07) is 9.42. The van der Waals surface area contributed by atoms with Crippen molar-refractivity contribution in [2.75, 3.05) is 12.0 Å². The van der Waals surface area contributed by atoms with E-state index in [1.165, 1.54) is 12.7 Å². The van der Waals surface area contributed by atoms with Crippen LogP contribution in [-0.4, -0.2) is 25.2 Å². The molecule has 0 fully saturated rings. The van der Waals surface area contributed by atoms with Gasteiger partial charge in [0.25, 0.3) is 0 Å². The van der Waals surface area contributed by atoms with E-state index in [1.54, 1.807) is 17.9 Å². The summed E-state index contributed by atoms with van der Waals surface area (Å²) in [5.74, 6) is 0.545. The predicted octanol–water partition coefficient (Wildman–Crippen LogP) is 3.04. The molecule has 0 bridgehead atoms. The molecule has 126 valence electrons. The molecule has 1 unspecified atom stereocenters. The van der Waals surface area contributed by atoms with Gasteiger partial charge in [0.1, 0.15) is 17.1 Å². The number of amides is 2. The second-order valence-corrected chi connectivity index (χ2v) is 5.88. The van der Waals surface area contributed by atoms with Gasteiger partial charge >= 0.3 is 12.0 Å². The van der Waals surface area contributed by atoms with E-state index in [0.29, 0.717) is 17.1 Å². The molecule has 1 atom stereocenters. The van der Waals surface area contributed by atoms with Gasteiger partial charge in [0.2, 0.25) is 0 Å². The van der Waals surface area contributed by atoms with Crippen LogP contribution in [0, 0.1) is 6.92 Å². The highest BCUT2D eigenvalue weighted by Gasteiger charge is 2.30. The highest BCUT2D eigenvalue weighted by atomic mass is 16.5. The Balaban J connectivity index is 1.69. The normalized spacial score (nSPS) is 16.0. The Labute approximate surface area is 140 Å². The SMILES string of the molecule is COC(=O)c1cc(CNC(=O)N2c3ccccc3CC2C)oc1C. The standard InChI is InChI=1S/C18H20N2O4/c1-11-8-13-6-4-5-7-16(13)20(11)18(22)19-10-14-9-15(12(2)24-14)17(21)23-3/h4-7,9,11H,8,10H2,1-3H3,(H,19,22). The van der Waals surface area contributed by atoms with Gasteiger partial charge in [0.15, 0.2) is 0 Å². The van der Waals surface area contributed by atoms with Gasteiger partial charge in [-0.05, 0) is 38.0 Å². The smallest absolute Gasteiger partial charge is 0.341 e. The first-order valence-electron chi connectivity index (χ1n) is 7.84. The van der Waals surface area contributed by atoms with Crippen molar-refractivity contribution < 1.29 is 18.7 Å². The van der Waals surface area contributed by atoms with Crippen molar-refractivity contribution in [3.05, 3.63) is 53.0 Å². The number of nitrogens with zero attached hydrogens (tertiary/aromatic N) is 1. The number of hydrogen-bond donors (Lipinski definition) is 1. The van der Waals surface area contributed by atoms with Crippen LogP contribution in [0.25, 0.3) is 0 Å². The number of fused-ring (bicyclic) bond motifs is 1. The molecule has 2 aromatic rings. The van der Waals surface area contributed by atoms with Gasteiger partial charge in [-0.3, -0.25) is 4.90 Å². The fraction of sp³-hybridized carbons (Fsp3) is 0.333. The van der Waals surface area contributed by atoms with E-state index in [-0.39, 0.29) is 18.6 Å². The van der Waals surface area contributed by atoms with Gasteiger partial charge in [-0.2, -0.15) is 0 Å². The van der Waals surface area contributed by atoms with E-state index in [0.717, 1.165) is 12.1 Å². The topological polar surface area (TPSA) is 71.8 Å². The molecule has 1 N–H and O–H groups in total. The van der Waals surface area contributed by atoms with E-state index in [1.807, 2.05) is 31.2 Å². The third-order valence-electron chi connectivity index (χ3n) is 4.21. The molecule has 0 saturated carbocycles. The number of benzene rings is 1. The summed E-state index contributed by atoms with van der Waals surface area (Å²) in [6.07, 6.45) is 0.843. The zero-order valence-corrected chi connectivity index (χ0v) is 14.0. The summed E-state index contributed by atoms with van der Waals surface area (Å²) >= 11 is 0. The van der Waals surface area contributed by atoms with Crippen molar-refractivity contribution >= 4 is 17.7 Å². The molecule has 1 aromatic carbocycles. The highest BCUT2D eigenvalue weighted by Crippen LogP contribution is 2.31. The second-order valence-electron chi connectivity index (χ2n) is 5.88. The Morgan fingerprint density at radius 3 is 2.88 bits per heavy atom. The minimum atomic E-state index is -0.448. The number of carbonyl (C=O) groups excluding carboxylic acids is 2. The zero-order valence-electron chi connectivity index (χ0n) is 14.0. The van der Waals surface area contributed by atoms with Crippen LogP contribution in [-0.2, 0) is 17.7 Å². The van der Waals surface area contributed by atoms with Crippen molar-refractivity contribution in [1.29, 1.82) is 0 Å². The fourth-order valence-corrected chi connectivity index (χ4v) is 3.07. The summed E-state index contributed by atoms with van der Waals surface area (Å²) < 4.78 is 10.2. The minimum absolute atomic E-state index is 0.103. The predicted molar refractivity (Wildman–Crippen MR) is 89.1 cm³/mol. The molecule has 1 aliphatic rings. The lowest BCUT2D eigenvalue weighted by Gasteiger charge is -2.22. The maximum atomic E-state index is 12.6.